The van der Waals surface area contributed by atoms with Gasteiger partial charge in [0, 0.05) is 23.7 Å². The molecule has 1 spiro atoms. The Bertz CT molecular complexity index is 1380. The number of carbonyl (C=O) groups is 2. The summed E-state index contributed by atoms with van der Waals surface area (Å²) in [6, 6.07) is 7.03. The van der Waals surface area contributed by atoms with Gasteiger partial charge in [0.15, 0.2) is 28.4 Å². The molecule has 37 heavy (non-hydrogen) atoms. The van der Waals surface area contributed by atoms with Gasteiger partial charge in [-0.15, -0.1) is 0 Å². The summed E-state index contributed by atoms with van der Waals surface area (Å²) >= 11 is 11.8. The molecule has 3 aromatic rings. The predicted molar refractivity (Wildman–Crippen MR) is 136 cm³/mol. The maximum atomic E-state index is 12.8. The highest BCUT2D eigenvalue weighted by atomic mass is 35.5. The Morgan fingerprint density at radius 1 is 1.08 bits per heavy atom. The molecule has 2 aliphatic rings. The largest absolute Gasteiger partial charge is 0.382 e. The van der Waals surface area contributed by atoms with Gasteiger partial charge >= 0.3 is 0 Å². The molecule has 0 atom stereocenters. The van der Waals surface area contributed by atoms with E-state index in [2.05, 4.69) is 35.7 Å². The minimum absolute atomic E-state index is 0.00539. The number of aliphatic imine (C=N–C) groups is 1. The Hall–Kier alpha value is -3.97. The Morgan fingerprint density at radius 3 is 2.54 bits per heavy atom. The predicted octanol–water partition coefficient (Wildman–Crippen LogP) is 1.29. The van der Waals surface area contributed by atoms with Crippen molar-refractivity contribution in [2.75, 3.05) is 31.1 Å². The van der Waals surface area contributed by atoms with Gasteiger partial charge in [0.2, 0.25) is 17.6 Å². The van der Waals surface area contributed by atoms with Gasteiger partial charge in [0.05, 0.1) is 12.1 Å². The molecular formula is C22H22Cl2N10O3. The smallest absolute Gasteiger partial charge is 0.280 e. The Balaban J connectivity index is 1.13. The molecule has 0 unspecified atom stereocenters. The number of nitrogens with one attached hydrogen (secondary N) is 2. The van der Waals surface area contributed by atoms with Crippen LogP contribution in [-0.2, 0) is 11.2 Å². The number of halogens is 2. The van der Waals surface area contributed by atoms with Crippen molar-refractivity contribution in [3.63, 3.8) is 0 Å². The number of likely N-dealkylation sites (tertiary alicyclic amines) is 1. The highest BCUT2D eigenvalue weighted by Gasteiger charge is 2.40. The molecule has 5 rings (SSSR count). The van der Waals surface area contributed by atoms with E-state index in [9.17, 15) is 9.59 Å². The fraction of sp³-hybridized carbons (Fsp3) is 0.318. The number of hydrogen-bond acceptors (Lipinski definition) is 11. The zero-order chi connectivity index (χ0) is 26.2. The average Bonchev–Trinajstić information content (AvgIpc) is 3.49. The van der Waals surface area contributed by atoms with Crippen LogP contribution in [0.25, 0.3) is 11.4 Å². The first-order valence-electron chi connectivity index (χ1n) is 11.3. The number of piperidine rings is 1. The van der Waals surface area contributed by atoms with Gasteiger partial charge in [-0.1, -0.05) is 28.4 Å². The number of nitrogens with zero attached hydrogens (tertiary/aromatic N) is 6. The normalized spacial score (nSPS) is 16.4. The highest BCUT2D eigenvalue weighted by Crippen LogP contribution is 2.27. The monoisotopic (exact) mass is 544 g/mol. The fourth-order valence-corrected chi connectivity index (χ4v) is 4.41. The lowest BCUT2D eigenvalue weighted by Gasteiger charge is -2.39. The Kier molecular flexibility index (Phi) is 6.56. The van der Waals surface area contributed by atoms with Crippen LogP contribution in [0.3, 0.4) is 0 Å². The second-order valence-corrected chi connectivity index (χ2v) is 9.53. The molecule has 4 heterocycles. The van der Waals surface area contributed by atoms with E-state index < -0.39 is 5.91 Å². The second kappa shape index (κ2) is 9.82. The van der Waals surface area contributed by atoms with Crippen molar-refractivity contribution < 1.29 is 14.1 Å². The second-order valence-electron chi connectivity index (χ2n) is 8.73. The van der Waals surface area contributed by atoms with Crippen molar-refractivity contribution in [2.45, 2.75) is 24.8 Å². The number of hydrogen-bond donors (Lipinski definition) is 4. The van der Waals surface area contributed by atoms with Crippen molar-refractivity contribution in [2.24, 2.45) is 4.99 Å². The third-order valence-electron chi connectivity index (χ3n) is 6.22. The summed E-state index contributed by atoms with van der Waals surface area (Å²) < 4.78 is 5.27. The lowest BCUT2D eigenvalue weighted by atomic mass is 9.88. The first-order valence-corrected chi connectivity index (χ1v) is 12.1. The van der Waals surface area contributed by atoms with Crippen LogP contribution in [0, 0.1) is 0 Å². The van der Waals surface area contributed by atoms with Crippen LogP contribution in [0.2, 0.25) is 10.2 Å². The zero-order valence-electron chi connectivity index (χ0n) is 19.4. The molecule has 0 saturated carbocycles. The van der Waals surface area contributed by atoms with E-state index in [0.29, 0.717) is 49.3 Å². The van der Waals surface area contributed by atoms with Gasteiger partial charge in [-0.05, 0) is 37.1 Å². The van der Waals surface area contributed by atoms with Crippen LogP contribution in [0.1, 0.15) is 29.2 Å². The van der Waals surface area contributed by atoms with Crippen LogP contribution in [0.4, 0.5) is 11.6 Å². The third-order valence-corrected chi connectivity index (χ3v) is 6.75. The molecule has 15 heteroatoms. The maximum absolute atomic E-state index is 12.8. The number of benzene rings is 1. The molecule has 6 N–H and O–H groups in total. The van der Waals surface area contributed by atoms with Crippen molar-refractivity contribution in [3.8, 4) is 11.4 Å². The summed E-state index contributed by atoms with van der Waals surface area (Å²) in [5.74, 6) is 0.0119. The molecule has 2 amide bonds. The standard InChI is InChI=1S/C22H22Cl2N10O3/c23-12-3-1-11(2-4-12)19-28-13(37-33-19)9-14(35)34-7-5-22(6-8-34)10-27-21(32-22)31-20(36)15-17(25)30-18(26)16(24)29-15/h1-4H,5-10H2,(H4,25,26,30)(H2,27,31,32,36). The molecule has 0 radical (unpaired) electrons. The van der Waals surface area contributed by atoms with Crippen molar-refractivity contribution in [1.82, 2.24) is 35.6 Å². The number of guanidine groups is 1. The number of nitrogen functional groups attached to an aromatic ring is 2. The Morgan fingerprint density at radius 2 is 1.81 bits per heavy atom. The highest BCUT2D eigenvalue weighted by molar-refractivity contribution is 6.32. The topological polar surface area (TPSA) is 191 Å². The molecule has 0 aliphatic carbocycles. The minimum atomic E-state index is -0.611. The molecule has 2 aliphatic heterocycles. The minimum Gasteiger partial charge on any atom is -0.382 e. The molecular weight excluding hydrogens is 523 g/mol. The van der Waals surface area contributed by atoms with E-state index in [-0.39, 0.29) is 46.2 Å². The summed E-state index contributed by atoms with van der Waals surface area (Å²) in [5.41, 5.74) is 11.5. The SMILES string of the molecule is Nc1nc(N)c(C(=O)NC2=NCC3(CCN(C(=O)Cc4nc(-c5ccc(Cl)cc5)no4)CC3)N2)nc1Cl. The van der Waals surface area contributed by atoms with Crippen LogP contribution >= 0.6 is 23.2 Å². The van der Waals surface area contributed by atoms with Crippen LogP contribution in [0.15, 0.2) is 33.8 Å². The number of nitrogens with two attached hydrogens (primary N) is 2. The van der Waals surface area contributed by atoms with Crippen molar-refractivity contribution in [1.29, 1.82) is 0 Å². The quantitative estimate of drug-likeness (QED) is 0.372. The zero-order valence-corrected chi connectivity index (χ0v) is 20.9. The Labute approximate surface area is 220 Å². The molecule has 1 fully saturated rings. The third kappa shape index (κ3) is 5.27. The van der Waals surface area contributed by atoms with Crippen LogP contribution in [0.5, 0.6) is 0 Å². The first kappa shape index (κ1) is 24.7. The number of amides is 2. The van der Waals surface area contributed by atoms with E-state index in [1.54, 1.807) is 29.2 Å². The van der Waals surface area contributed by atoms with Gasteiger partial charge in [0.25, 0.3) is 5.91 Å². The van der Waals surface area contributed by atoms with Gasteiger partial charge in [0.1, 0.15) is 6.42 Å². The molecule has 1 aromatic carbocycles. The average molecular weight is 545 g/mol. The van der Waals surface area contributed by atoms with Gasteiger partial charge in [-0.3, -0.25) is 19.9 Å². The number of rotatable bonds is 4. The maximum Gasteiger partial charge on any atom is 0.280 e. The summed E-state index contributed by atoms with van der Waals surface area (Å²) in [6.45, 7) is 1.46. The molecule has 192 valence electrons. The van der Waals surface area contributed by atoms with E-state index in [0.717, 1.165) is 5.56 Å². The molecule has 2 aromatic heterocycles. The number of aromatic nitrogens is 4. The van der Waals surface area contributed by atoms with Gasteiger partial charge < -0.3 is 26.2 Å². The summed E-state index contributed by atoms with van der Waals surface area (Å²) in [7, 11) is 0. The summed E-state index contributed by atoms with van der Waals surface area (Å²) in [4.78, 5) is 43.6. The van der Waals surface area contributed by atoms with E-state index >= 15 is 0 Å². The molecule has 1 saturated heterocycles. The molecule has 13 nitrogen and oxygen atoms in total. The van der Waals surface area contributed by atoms with Crippen LogP contribution in [-0.4, -0.2) is 68.0 Å². The van der Waals surface area contributed by atoms with Crippen molar-refractivity contribution >= 4 is 52.6 Å². The fourth-order valence-electron chi connectivity index (χ4n) is 4.16. The lowest BCUT2D eigenvalue weighted by Crippen LogP contribution is -2.57. The van der Waals surface area contributed by atoms with E-state index in [4.69, 9.17) is 39.2 Å². The van der Waals surface area contributed by atoms with Crippen LogP contribution < -0.4 is 22.1 Å². The lowest BCUT2D eigenvalue weighted by molar-refractivity contribution is -0.132. The summed E-state index contributed by atoms with van der Waals surface area (Å²) in [6.07, 6.45) is 1.28. The van der Waals surface area contributed by atoms with E-state index in [1.807, 2.05) is 0 Å². The van der Waals surface area contributed by atoms with E-state index in [1.165, 1.54) is 0 Å². The summed E-state index contributed by atoms with van der Waals surface area (Å²) in [5, 5.41) is 10.4. The van der Waals surface area contributed by atoms with Gasteiger partial charge in [-0.2, -0.15) is 4.98 Å². The number of carbonyl (C=O) groups excluding carboxylic acids is 2. The van der Waals surface area contributed by atoms with Gasteiger partial charge in [-0.25, -0.2) is 9.97 Å². The first-order chi connectivity index (χ1) is 17.7. The van der Waals surface area contributed by atoms with Crippen molar-refractivity contribution in [3.05, 3.63) is 46.0 Å². The molecule has 0 bridgehead atoms. The number of anilines is 2.